The van der Waals surface area contributed by atoms with Gasteiger partial charge in [0.2, 0.25) is 11.8 Å². The zero-order valence-electron chi connectivity index (χ0n) is 21.3. The minimum absolute atomic E-state index is 0.00186. The summed E-state index contributed by atoms with van der Waals surface area (Å²) in [4.78, 5) is 38.5. The number of hydrogen-bond donors (Lipinski definition) is 4. The highest BCUT2D eigenvalue weighted by Gasteiger charge is 2.67. The zero-order chi connectivity index (χ0) is 30.3. The molecule has 0 aromatic heterocycles. The number of hydrogen-bond acceptors (Lipinski definition) is 4. The maximum absolute atomic E-state index is 15.2. The van der Waals surface area contributed by atoms with E-state index in [1.165, 1.54) is 18.2 Å². The molecule has 14 heteroatoms. The molecule has 2 fully saturated rings. The average Bonchev–Trinajstić information content (AvgIpc) is 3.25. The van der Waals surface area contributed by atoms with Gasteiger partial charge in [-0.25, -0.2) is 8.78 Å². The summed E-state index contributed by atoms with van der Waals surface area (Å²) >= 11 is 31.1. The molecular weight excluding hydrogens is 656 g/mol. The van der Waals surface area contributed by atoms with Crippen LogP contribution in [0.2, 0.25) is 15.1 Å². The van der Waals surface area contributed by atoms with Crippen LogP contribution in [0.3, 0.4) is 0 Å². The van der Waals surface area contributed by atoms with Gasteiger partial charge in [0.05, 0.1) is 38.3 Å². The summed E-state index contributed by atoms with van der Waals surface area (Å²) < 4.78 is 28.2. The average molecular weight is 677 g/mol. The van der Waals surface area contributed by atoms with Crippen LogP contribution in [0.25, 0.3) is 0 Å². The summed E-state index contributed by atoms with van der Waals surface area (Å²) in [5.41, 5.74) is -0.376. The van der Waals surface area contributed by atoms with Crippen LogP contribution in [-0.2, 0) is 9.59 Å². The van der Waals surface area contributed by atoms with Gasteiger partial charge < -0.3 is 21.3 Å². The van der Waals surface area contributed by atoms with Crippen LogP contribution in [0, 0.1) is 17.6 Å². The number of carbonyl (C=O) groups excluding carboxylic acids is 3. The van der Waals surface area contributed by atoms with E-state index in [4.69, 9.17) is 58.0 Å². The van der Waals surface area contributed by atoms with Crippen LogP contribution in [0.5, 0.6) is 0 Å². The number of amides is 3. The fourth-order valence-electron chi connectivity index (χ4n) is 4.84. The summed E-state index contributed by atoms with van der Waals surface area (Å²) in [6.45, 7) is 0.622. The third-order valence-electron chi connectivity index (χ3n) is 7.08. The quantitative estimate of drug-likeness (QED) is 0.196. The van der Waals surface area contributed by atoms with Crippen LogP contribution < -0.4 is 21.3 Å². The van der Waals surface area contributed by atoms with Gasteiger partial charge in [0, 0.05) is 11.6 Å². The minimum atomic E-state index is -1.41. The molecule has 3 amide bonds. The van der Waals surface area contributed by atoms with Crippen molar-refractivity contribution in [3.05, 3.63) is 86.4 Å². The van der Waals surface area contributed by atoms with Crippen LogP contribution in [-0.4, -0.2) is 34.6 Å². The van der Waals surface area contributed by atoms with Gasteiger partial charge >= 0.3 is 0 Å². The summed E-state index contributed by atoms with van der Waals surface area (Å²) in [6, 6.07) is 10.3. The van der Waals surface area contributed by atoms with Crippen LogP contribution in [0.4, 0.5) is 25.8 Å². The molecule has 4 N–H and O–H groups in total. The summed E-state index contributed by atoms with van der Waals surface area (Å²) in [6.07, 6.45) is 1.29. The first-order valence-corrected chi connectivity index (χ1v) is 14.5. The van der Waals surface area contributed by atoms with Crippen LogP contribution in [0.15, 0.2) is 48.5 Å². The molecule has 1 aliphatic heterocycles. The van der Waals surface area contributed by atoms with Gasteiger partial charge in [-0.1, -0.05) is 40.9 Å². The van der Waals surface area contributed by atoms with E-state index in [1.54, 1.807) is 18.2 Å². The number of alkyl halides is 2. The van der Waals surface area contributed by atoms with E-state index in [-0.39, 0.29) is 21.3 Å². The first-order chi connectivity index (χ1) is 19.9. The second-order valence-electron chi connectivity index (χ2n) is 9.86. The van der Waals surface area contributed by atoms with Gasteiger partial charge in [-0.3, -0.25) is 14.4 Å². The summed E-state index contributed by atoms with van der Waals surface area (Å²) in [5.74, 6) is -5.53. The monoisotopic (exact) mass is 674 g/mol. The lowest BCUT2D eigenvalue weighted by atomic mass is 10.1. The first-order valence-electron chi connectivity index (χ1n) is 12.6. The summed E-state index contributed by atoms with van der Waals surface area (Å²) in [5, 5.41) is 10.8. The van der Waals surface area contributed by atoms with Crippen molar-refractivity contribution < 1.29 is 23.2 Å². The lowest BCUT2D eigenvalue weighted by molar-refractivity contribution is -0.118. The summed E-state index contributed by atoms with van der Waals surface area (Å²) in [7, 11) is 0. The van der Waals surface area contributed by atoms with Crippen molar-refractivity contribution in [2.75, 3.05) is 22.5 Å². The van der Waals surface area contributed by atoms with Crippen LogP contribution in [0.1, 0.15) is 34.7 Å². The fourth-order valence-corrected chi connectivity index (χ4v) is 6.18. The number of benzene rings is 3. The molecule has 1 saturated heterocycles. The molecule has 7 nitrogen and oxygen atoms in total. The van der Waals surface area contributed by atoms with Gasteiger partial charge in [-0.2, -0.15) is 0 Å². The molecule has 3 aromatic carbocycles. The maximum atomic E-state index is 15.2. The molecule has 3 aromatic rings. The number of anilines is 3. The van der Waals surface area contributed by atoms with E-state index in [2.05, 4.69) is 21.3 Å². The largest absolute Gasteiger partial charge is 0.326 e. The molecule has 2 aliphatic rings. The highest BCUT2D eigenvalue weighted by Crippen LogP contribution is 2.65. The van der Waals surface area contributed by atoms with Crippen molar-refractivity contribution in [3.8, 4) is 0 Å². The highest BCUT2D eigenvalue weighted by molar-refractivity contribution is 6.53. The molecule has 0 spiro atoms. The van der Waals surface area contributed by atoms with E-state index in [9.17, 15) is 18.8 Å². The molecule has 3 atom stereocenters. The van der Waals surface area contributed by atoms with Crippen molar-refractivity contribution in [3.63, 3.8) is 0 Å². The molecule has 0 radical (unpaired) electrons. The van der Waals surface area contributed by atoms with E-state index >= 15 is 4.39 Å². The molecule has 42 heavy (non-hydrogen) atoms. The molecule has 1 unspecified atom stereocenters. The highest BCUT2D eigenvalue weighted by atomic mass is 35.5. The Labute approximate surface area is 264 Å². The van der Waals surface area contributed by atoms with Gasteiger partial charge in [-0.05, 0) is 67.4 Å². The Balaban J connectivity index is 1.30. The number of carbonyl (C=O) groups is 3. The Hall–Kier alpha value is -2.66. The number of halogens is 7. The van der Waals surface area contributed by atoms with Crippen molar-refractivity contribution in [1.82, 2.24) is 5.32 Å². The molecular formula is C28H21Cl5F2N4O3. The van der Waals surface area contributed by atoms with Crippen molar-refractivity contribution in [2.24, 2.45) is 5.92 Å². The van der Waals surface area contributed by atoms with E-state index in [0.29, 0.717) is 23.6 Å². The number of nitrogens with one attached hydrogen (secondary N) is 4. The number of rotatable bonds is 7. The molecule has 5 rings (SSSR count). The molecule has 1 saturated carbocycles. The topological polar surface area (TPSA) is 99.3 Å². The van der Waals surface area contributed by atoms with Crippen molar-refractivity contribution >= 4 is 92.8 Å². The Kier molecular flexibility index (Phi) is 8.90. The van der Waals surface area contributed by atoms with E-state index < -0.39 is 62.9 Å². The zero-order valence-corrected chi connectivity index (χ0v) is 25.1. The van der Waals surface area contributed by atoms with Crippen molar-refractivity contribution in [1.29, 1.82) is 0 Å². The normalized spacial score (nSPS) is 20.6. The third-order valence-corrected chi connectivity index (χ3v) is 9.09. The molecule has 220 valence electrons. The van der Waals surface area contributed by atoms with E-state index in [0.717, 1.165) is 18.6 Å². The van der Waals surface area contributed by atoms with Gasteiger partial charge in [0.1, 0.15) is 15.8 Å². The maximum Gasteiger partial charge on any atom is 0.257 e. The minimum Gasteiger partial charge on any atom is -0.326 e. The molecule has 1 aliphatic carbocycles. The molecule has 1 heterocycles. The Morgan fingerprint density at radius 1 is 0.857 bits per heavy atom. The second-order valence-corrected chi connectivity index (χ2v) is 12.5. The predicted octanol–water partition coefficient (Wildman–Crippen LogP) is 7.39. The SMILES string of the molecule is O=C(Nc1ccc(F)c(NC(=O)C2CCCN2)c1F)c1cc(NC(=O)[C@H]2[C@H](c3ccc(Cl)c(Cl)c3)C2(Cl)Cl)ccc1Cl. The van der Waals surface area contributed by atoms with Gasteiger partial charge in [-0.15, -0.1) is 23.2 Å². The second kappa shape index (κ2) is 12.1. The van der Waals surface area contributed by atoms with Crippen LogP contribution >= 0.6 is 58.0 Å². The standard InChI is InChI=1S/C28H21Cl5F2N4O3/c29-15-6-4-13(37-27(42)22-21(28(22,32)33)12-3-5-16(30)17(31)10-12)11-14(15)25(40)38-19-8-7-18(34)24(23(19)35)39-26(41)20-2-1-9-36-20/h3-8,10-11,20-22,36H,1-2,9H2,(H,37,42)(H,38,40)(H,39,41)/t20?,21-,22+/m0/s1. The smallest absolute Gasteiger partial charge is 0.257 e. The molecule has 0 bridgehead atoms. The van der Waals surface area contributed by atoms with Gasteiger partial charge in [0.25, 0.3) is 5.91 Å². The van der Waals surface area contributed by atoms with Crippen molar-refractivity contribution in [2.45, 2.75) is 29.1 Å². The Bertz CT molecular complexity index is 1600. The fraction of sp³-hybridized carbons (Fsp3) is 0.250. The lowest BCUT2D eigenvalue weighted by Gasteiger charge is -2.15. The lowest BCUT2D eigenvalue weighted by Crippen LogP contribution is -2.36. The van der Waals surface area contributed by atoms with E-state index in [1.807, 2.05) is 0 Å². The Morgan fingerprint density at radius 2 is 1.60 bits per heavy atom. The first kappa shape index (κ1) is 30.8. The Morgan fingerprint density at radius 3 is 2.29 bits per heavy atom. The third kappa shape index (κ3) is 6.18. The van der Waals surface area contributed by atoms with Gasteiger partial charge in [0.15, 0.2) is 5.82 Å². The predicted molar refractivity (Wildman–Crippen MR) is 161 cm³/mol.